The Kier molecular flexibility index (Phi) is 6.63. The highest BCUT2D eigenvalue weighted by atomic mass is 35.5. The van der Waals surface area contributed by atoms with Gasteiger partial charge in [0.05, 0.1) is 24.3 Å². The van der Waals surface area contributed by atoms with Gasteiger partial charge in [-0.15, -0.1) is 0 Å². The lowest BCUT2D eigenvalue weighted by molar-refractivity contribution is 0.254. The van der Waals surface area contributed by atoms with Gasteiger partial charge in [-0.2, -0.15) is 0 Å². The Hall–Kier alpha value is -1.76. The second-order valence-corrected chi connectivity index (χ2v) is 8.43. The third-order valence-electron chi connectivity index (χ3n) is 5.93. The highest BCUT2D eigenvalue weighted by Crippen LogP contribution is 2.36. The topological polar surface area (TPSA) is 41.1 Å². The Morgan fingerprint density at radius 2 is 1.76 bits per heavy atom. The number of hydrogen-bond acceptors (Lipinski definition) is 6. The van der Waals surface area contributed by atoms with Crippen molar-refractivity contribution in [3.05, 3.63) is 23.2 Å². The molecule has 2 aliphatic rings. The number of likely N-dealkylation sites (N-methyl/N-ethyl adjacent to an activating group) is 1. The minimum absolute atomic E-state index is 0.671. The Bertz CT molecular complexity index is 833. The Morgan fingerprint density at radius 3 is 2.48 bits per heavy atom. The number of aromatic nitrogens is 1. The van der Waals surface area contributed by atoms with Crippen LogP contribution in [-0.4, -0.2) is 81.4 Å². The summed E-state index contributed by atoms with van der Waals surface area (Å²) < 4.78 is 11.6. The van der Waals surface area contributed by atoms with Gasteiger partial charge in [-0.1, -0.05) is 11.6 Å². The fourth-order valence-corrected chi connectivity index (χ4v) is 4.38. The quantitative estimate of drug-likeness (QED) is 0.641. The van der Waals surface area contributed by atoms with Gasteiger partial charge in [0.1, 0.15) is 5.82 Å². The van der Waals surface area contributed by atoms with E-state index in [0.29, 0.717) is 17.4 Å². The van der Waals surface area contributed by atoms with E-state index in [4.69, 9.17) is 26.1 Å². The van der Waals surface area contributed by atoms with Crippen LogP contribution in [0.4, 0.5) is 5.82 Å². The SMILES string of the molecule is COc1cc2c(Cl)cc(N3CCN(C)CC3)nc2cc1OCCCN1CCCC1. The van der Waals surface area contributed by atoms with Crippen LogP contribution in [0.25, 0.3) is 10.9 Å². The minimum atomic E-state index is 0.671. The summed E-state index contributed by atoms with van der Waals surface area (Å²) in [5, 5.41) is 1.59. The maximum atomic E-state index is 6.61. The highest BCUT2D eigenvalue weighted by molar-refractivity contribution is 6.35. The van der Waals surface area contributed by atoms with Crippen LogP contribution >= 0.6 is 11.6 Å². The van der Waals surface area contributed by atoms with Gasteiger partial charge in [0.2, 0.25) is 0 Å². The maximum Gasteiger partial charge on any atom is 0.163 e. The molecule has 4 rings (SSSR count). The largest absolute Gasteiger partial charge is 0.493 e. The molecule has 2 fully saturated rings. The van der Waals surface area contributed by atoms with Gasteiger partial charge >= 0.3 is 0 Å². The standard InChI is InChI=1S/C22H31ClN4O2/c1-25-9-11-27(12-10-25)22-15-18(23)17-14-20(28-2)21(16-19(17)24-22)29-13-5-8-26-6-3-4-7-26/h14-16H,3-13H2,1-2H3. The molecule has 7 heteroatoms. The number of nitrogens with zero attached hydrogens (tertiary/aromatic N) is 4. The number of methoxy groups -OCH3 is 1. The second kappa shape index (κ2) is 9.37. The van der Waals surface area contributed by atoms with Crippen LogP contribution in [0.3, 0.4) is 0 Å². The van der Waals surface area contributed by atoms with Crippen molar-refractivity contribution in [1.82, 2.24) is 14.8 Å². The average Bonchev–Trinajstić information content (AvgIpc) is 3.24. The molecule has 158 valence electrons. The fourth-order valence-electron chi connectivity index (χ4n) is 4.13. The molecular weight excluding hydrogens is 388 g/mol. The number of piperazine rings is 1. The molecule has 6 nitrogen and oxygen atoms in total. The number of halogens is 1. The number of benzene rings is 1. The van der Waals surface area contributed by atoms with E-state index < -0.39 is 0 Å². The van der Waals surface area contributed by atoms with Gasteiger partial charge in [-0.05, 0) is 51.5 Å². The molecule has 1 aromatic carbocycles. The summed E-state index contributed by atoms with van der Waals surface area (Å²) in [6.07, 6.45) is 3.65. The van der Waals surface area contributed by atoms with Crippen molar-refractivity contribution in [2.24, 2.45) is 0 Å². The van der Waals surface area contributed by atoms with Crippen LogP contribution in [0.1, 0.15) is 19.3 Å². The Morgan fingerprint density at radius 1 is 1.00 bits per heavy atom. The van der Waals surface area contributed by atoms with E-state index in [2.05, 4.69) is 21.7 Å². The van der Waals surface area contributed by atoms with Gasteiger partial charge in [0.25, 0.3) is 0 Å². The van der Waals surface area contributed by atoms with Crippen LogP contribution in [0.15, 0.2) is 18.2 Å². The monoisotopic (exact) mass is 418 g/mol. The summed E-state index contributed by atoms with van der Waals surface area (Å²) in [4.78, 5) is 12.0. The molecule has 0 spiro atoms. The predicted molar refractivity (Wildman–Crippen MR) is 119 cm³/mol. The van der Waals surface area contributed by atoms with E-state index >= 15 is 0 Å². The van der Waals surface area contributed by atoms with E-state index in [1.807, 2.05) is 18.2 Å². The minimum Gasteiger partial charge on any atom is -0.493 e. The molecule has 2 aromatic rings. The maximum absolute atomic E-state index is 6.61. The second-order valence-electron chi connectivity index (χ2n) is 8.02. The summed E-state index contributed by atoms with van der Waals surface area (Å²) in [7, 11) is 3.82. The number of pyridine rings is 1. The number of ether oxygens (including phenoxy) is 2. The van der Waals surface area contributed by atoms with E-state index in [-0.39, 0.29) is 0 Å². The normalized spacial score (nSPS) is 18.5. The molecule has 0 N–H and O–H groups in total. The van der Waals surface area contributed by atoms with E-state index in [1.54, 1.807) is 7.11 Å². The zero-order valence-electron chi connectivity index (χ0n) is 17.5. The van der Waals surface area contributed by atoms with E-state index in [1.165, 1.54) is 25.9 Å². The molecule has 2 saturated heterocycles. The van der Waals surface area contributed by atoms with Crippen LogP contribution in [0.2, 0.25) is 5.02 Å². The predicted octanol–water partition coefficient (Wildman–Crippen LogP) is 3.51. The fraction of sp³-hybridized carbons (Fsp3) is 0.591. The first-order chi connectivity index (χ1) is 14.1. The Balaban J connectivity index is 1.50. The molecule has 0 atom stereocenters. The van der Waals surface area contributed by atoms with E-state index in [9.17, 15) is 0 Å². The van der Waals surface area contributed by atoms with Crippen LogP contribution in [-0.2, 0) is 0 Å². The highest BCUT2D eigenvalue weighted by Gasteiger charge is 2.18. The van der Waals surface area contributed by atoms with Crippen LogP contribution < -0.4 is 14.4 Å². The van der Waals surface area contributed by atoms with Gasteiger partial charge in [0.15, 0.2) is 11.5 Å². The van der Waals surface area contributed by atoms with Crippen molar-refractivity contribution in [3.63, 3.8) is 0 Å². The molecule has 0 amide bonds. The lowest BCUT2D eigenvalue weighted by Gasteiger charge is -2.33. The lowest BCUT2D eigenvalue weighted by atomic mass is 10.2. The van der Waals surface area contributed by atoms with Crippen LogP contribution in [0, 0.1) is 0 Å². The number of anilines is 1. The smallest absolute Gasteiger partial charge is 0.163 e. The lowest BCUT2D eigenvalue weighted by Crippen LogP contribution is -2.44. The van der Waals surface area contributed by atoms with Crippen molar-refractivity contribution < 1.29 is 9.47 Å². The molecule has 29 heavy (non-hydrogen) atoms. The summed E-state index contributed by atoms with van der Waals surface area (Å²) in [6, 6.07) is 5.87. The van der Waals surface area contributed by atoms with E-state index in [0.717, 1.165) is 61.6 Å². The third-order valence-corrected chi connectivity index (χ3v) is 6.24. The summed E-state index contributed by atoms with van der Waals surface area (Å²) in [6.45, 7) is 8.19. The molecule has 0 radical (unpaired) electrons. The van der Waals surface area contributed by atoms with Crippen molar-refractivity contribution in [3.8, 4) is 11.5 Å². The molecule has 2 aliphatic heterocycles. The van der Waals surface area contributed by atoms with Gasteiger partial charge in [-0.3, -0.25) is 0 Å². The van der Waals surface area contributed by atoms with Gasteiger partial charge < -0.3 is 24.2 Å². The Labute approximate surface area is 178 Å². The zero-order chi connectivity index (χ0) is 20.2. The van der Waals surface area contributed by atoms with Crippen molar-refractivity contribution >= 4 is 28.3 Å². The molecule has 0 unspecified atom stereocenters. The molecule has 0 saturated carbocycles. The number of rotatable bonds is 7. The summed E-state index contributed by atoms with van der Waals surface area (Å²) in [5.41, 5.74) is 0.849. The zero-order valence-corrected chi connectivity index (χ0v) is 18.2. The van der Waals surface area contributed by atoms with Crippen molar-refractivity contribution in [1.29, 1.82) is 0 Å². The molecular formula is C22H31ClN4O2. The number of likely N-dealkylation sites (tertiary alicyclic amines) is 1. The van der Waals surface area contributed by atoms with Gasteiger partial charge in [0, 0.05) is 44.2 Å². The number of hydrogen-bond donors (Lipinski definition) is 0. The first kappa shape index (κ1) is 20.5. The summed E-state index contributed by atoms with van der Waals surface area (Å²) >= 11 is 6.61. The van der Waals surface area contributed by atoms with Gasteiger partial charge in [-0.25, -0.2) is 4.98 Å². The van der Waals surface area contributed by atoms with Crippen LogP contribution in [0.5, 0.6) is 11.5 Å². The summed E-state index contributed by atoms with van der Waals surface area (Å²) in [5.74, 6) is 2.37. The molecule has 3 heterocycles. The third kappa shape index (κ3) is 4.87. The number of fused-ring (bicyclic) bond motifs is 1. The molecule has 0 bridgehead atoms. The average molecular weight is 419 g/mol. The molecule has 1 aromatic heterocycles. The first-order valence-electron chi connectivity index (χ1n) is 10.6. The van der Waals surface area contributed by atoms with Crippen molar-refractivity contribution in [2.75, 3.05) is 71.5 Å². The van der Waals surface area contributed by atoms with Crippen molar-refractivity contribution in [2.45, 2.75) is 19.3 Å². The first-order valence-corrected chi connectivity index (χ1v) is 11.0. The molecule has 0 aliphatic carbocycles.